The van der Waals surface area contributed by atoms with Gasteiger partial charge in [-0.3, -0.25) is 9.69 Å². The SMILES string of the molecule is O=C(O)CC1(F)CCN(Cc2ccccc2)C1. The van der Waals surface area contributed by atoms with Crippen LogP contribution >= 0.6 is 0 Å². The van der Waals surface area contributed by atoms with Gasteiger partial charge < -0.3 is 5.11 Å². The van der Waals surface area contributed by atoms with Gasteiger partial charge >= 0.3 is 5.97 Å². The van der Waals surface area contributed by atoms with E-state index in [-0.39, 0.29) is 6.54 Å². The molecule has 1 heterocycles. The molecule has 0 amide bonds. The molecule has 2 rings (SSSR count). The summed E-state index contributed by atoms with van der Waals surface area (Å²) in [6.07, 6.45) is -0.0789. The first-order chi connectivity index (χ1) is 8.07. The zero-order valence-corrected chi connectivity index (χ0v) is 9.60. The summed E-state index contributed by atoms with van der Waals surface area (Å²) in [5.74, 6) is -1.06. The van der Waals surface area contributed by atoms with Crippen LogP contribution in [0.2, 0.25) is 0 Å². The van der Waals surface area contributed by atoms with E-state index >= 15 is 0 Å². The fourth-order valence-corrected chi connectivity index (χ4v) is 2.31. The van der Waals surface area contributed by atoms with E-state index in [1.54, 1.807) is 0 Å². The molecular weight excluding hydrogens is 221 g/mol. The van der Waals surface area contributed by atoms with Crippen molar-refractivity contribution < 1.29 is 14.3 Å². The Kier molecular flexibility index (Phi) is 3.43. The molecule has 1 aromatic carbocycles. The maximum absolute atomic E-state index is 14.1. The van der Waals surface area contributed by atoms with Crippen molar-refractivity contribution in [2.45, 2.75) is 25.1 Å². The third-order valence-electron chi connectivity index (χ3n) is 3.10. The van der Waals surface area contributed by atoms with Crippen molar-refractivity contribution in [2.75, 3.05) is 13.1 Å². The van der Waals surface area contributed by atoms with E-state index in [1.807, 2.05) is 35.2 Å². The minimum absolute atomic E-state index is 0.216. The van der Waals surface area contributed by atoms with Crippen molar-refractivity contribution in [1.29, 1.82) is 0 Å². The van der Waals surface area contributed by atoms with Crippen LogP contribution in [0.5, 0.6) is 0 Å². The van der Waals surface area contributed by atoms with Crippen LogP contribution in [0.15, 0.2) is 30.3 Å². The van der Waals surface area contributed by atoms with Gasteiger partial charge in [-0.05, 0) is 12.0 Å². The van der Waals surface area contributed by atoms with Gasteiger partial charge in [-0.25, -0.2) is 4.39 Å². The molecule has 0 radical (unpaired) electrons. The summed E-state index contributed by atoms with van der Waals surface area (Å²) in [6.45, 7) is 1.53. The quantitative estimate of drug-likeness (QED) is 0.871. The lowest BCUT2D eigenvalue weighted by atomic mass is 10.0. The van der Waals surface area contributed by atoms with E-state index < -0.39 is 18.1 Å². The topological polar surface area (TPSA) is 40.5 Å². The highest BCUT2D eigenvalue weighted by Gasteiger charge is 2.39. The van der Waals surface area contributed by atoms with Gasteiger partial charge in [0.15, 0.2) is 0 Å². The number of alkyl halides is 1. The third-order valence-corrected chi connectivity index (χ3v) is 3.10. The molecule has 1 saturated heterocycles. The first-order valence-corrected chi connectivity index (χ1v) is 5.74. The molecule has 1 unspecified atom stereocenters. The third kappa shape index (κ3) is 3.27. The average molecular weight is 237 g/mol. The normalized spacial score (nSPS) is 25.0. The smallest absolute Gasteiger partial charge is 0.306 e. The van der Waals surface area contributed by atoms with Gasteiger partial charge in [-0.15, -0.1) is 0 Å². The molecule has 1 N–H and O–H groups in total. The lowest BCUT2D eigenvalue weighted by molar-refractivity contribution is -0.140. The summed E-state index contributed by atoms with van der Waals surface area (Å²) in [7, 11) is 0. The molecule has 1 aliphatic rings. The van der Waals surface area contributed by atoms with Crippen molar-refractivity contribution >= 4 is 5.97 Å². The lowest BCUT2D eigenvalue weighted by Gasteiger charge is -2.19. The second kappa shape index (κ2) is 4.84. The Morgan fingerprint density at radius 1 is 1.41 bits per heavy atom. The number of halogens is 1. The molecule has 0 saturated carbocycles. The molecule has 0 bridgehead atoms. The highest BCUT2D eigenvalue weighted by atomic mass is 19.1. The van der Waals surface area contributed by atoms with Crippen LogP contribution in [0.4, 0.5) is 4.39 Å². The van der Waals surface area contributed by atoms with Crippen LogP contribution in [-0.4, -0.2) is 34.7 Å². The Hall–Kier alpha value is -1.42. The number of hydrogen-bond donors (Lipinski definition) is 1. The number of hydrogen-bond acceptors (Lipinski definition) is 2. The minimum atomic E-state index is -1.55. The highest BCUT2D eigenvalue weighted by Crippen LogP contribution is 2.29. The number of benzene rings is 1. The number of likely N-dealkylation sites (tertiary alicyclic amines) is 1. The van der Waals surface area contributed by atoms with Crippen LogP contribution in [0, 0.1) is 0 Å². The van der Waals surface area contributed by atoms with Gasteiger partial charge in [0.1, 0.15) is 5.67 Å². The van der Waals surface area contributed by atoms with Gasteiger partial charge in [-0.2, -0.15) is 0 Å². The zero-order valence-electron chi connectivity index (χ0n) is 9.60. The van der Waals surface area contributed by atoms with Crippen molar-refractivity contribution in [3.05, 3.63) is 35.9 Å². The maximum Gasteiger partial charge on any atom is 0.306 e. The molecule has 92 valence electrons. The van der Waals surface area contributed by atoms with Gasteiger partial charge in [0.2, 0.25) is 0 Å². The van der Waals surface area contributed by atoms with Crippen molar-refractivity contribution in [2.24, 2.45) is 0 Å². The van der Waals surface area contributed by atoms with E-state index in [2.05, 4.69) is 0 Å². The van der Waals surface area contributed by atoms with Gasteiger partial charge in [0.05, 0.1) is 6.42 Å². The molecule has 0 spiro atoms. The summed E-state index contributed by atoms with van der Waals surface area (Å²) in [5, 5.41) is 8.66. The zero-order chi connectivity index (χ0) is 12.3. The number of aliphatic carboxylic acids is 1. The summed E-state index contributed by atoms with van der Waals surface area (Å²) >= 11 is 0. The van der Waals surface area contributed by atoms with E-state index in [4.69, 9.17) is 5.11 Å². The summed E-state index contributed by atoms with van der Waals surface area (Å²) in [4.78, 5) is 12.5. The average Bonchev–Trinajstić information content (AvgIpc) is 2.60. The number of rotatable bonds is 4. The van der Waals surface area contributed by atoms with Crippen molar-refractivity contribution in [1.82, 2.24) is 4.90 Å². The predicted octanol–water partition coefficient (Wildman–Crippen LogP) is 2.08. The summed E-state index contributed by atoms with van der Waals surface area (Å²) in [5.41, 5.74) is -0.423. The molecule has 0 aromatic heterocycles. The fraction of sp³-hybridized carbons (Fsp3) is 0.462. The van der Waals surface area contributed by atoms with E-state index in [0.717, 1.165) is 5.56 Å². The molecule has 1 aliphatic heterocycles. The second-order valence-electron chi connectivity index (χ2n) is 4.67. The highest BCUT2D eigenvalue weighted by molar-refractivity contribution is 5.68. The molecular formula is C13H16FNO2. The number of carboxylic acid groups (broad SMARTS) is 1. The molecule has 1 atom stereocenters. The van der Waals surface area contributed by atoms with Crippen LogP contribution in [-0.2, 0) is 11.3 Å². The molecule has 17 heavy (non-hydrogen) atoms. The Balaban J connectivity index is 1.92. The molecule has 0 aliphatic carbocycles. The van der Waals surface area contributed by atoms with Gasteiger partial charge in [-0.1, -0.05) is 30.3 Å². The number of carbonyl (C=O) groups is 1. The second-order valence-corrected chi connectivity index (χ2v) is 4.67. The first kappa shape index (κ1) is 12.0. The van der Waals surface area contributed by atoms with Crippen LogP contribution in [0.1, 0.15) is 18.4 Å². The Bertz CT molecular complexity index is 396. The van der Waals surface area contributed by atoms with E-state index in [1.165, 1.54) is 0 Å². The summed E-state index contributed by atoms with van der Waals surface area (Å²) in [6, 6.07) is 9.83. The first-order valence-electron chi connectivity index (χ1n) is 5.74. The largest absolute Gasteiger partial charge is 0.481 e. The Morgan fingerprint density at radius 3 is 2.76 bits per heavy atom. The lowest BCUT2D eigenvalue weighted by Crippen LogP contribution is -2.31. The monoisotopic (exact) mass is 237 g/mol. The van der Waals surface area contributed by atoms with Crippen LogP contribution < -0.4 is 0 Å². The maximum atomic E-state index is 14.1. The number of carboxylic acids is 1. The predicted molar refractivity (Wildman–Crippen MR) is 62.4 cm³/mol. The molecule has 4 heteroatoms. The summed E-state index contributed by atoms with van der Waals surface area (Å²) < 4.78 is 14.1. The number of nitrogens with zero attached hydrogens (tertiary/aromatic N) is 1. The Morgan fingerprint density at radius 2 is 2.12 bits per heavy atom. The van der Waals surface area contributed by atoms with Crippen LogP contribution in [0.25, 0.3) is 0 Å². The van der Waals surface area contributed by atoms with Crippen LogP contribution in [0.3, 0.4) is 0 Å². The molecule has 1 aromatic rings. The van der Waals surface area contributed by atoms with Crippen molar-refractivity contribution in [3.8, 4) is 0 Å². The van der Waals surface area contributed by atoms with E-state index in [9.17, 15) is 9.18 Å². The van der Waals surface area contributed by atoms with Gasteiger partial charge in [0, 0.05) is 19.6 Å². The standard InChI is InChI=1S/C13H16FNO2/c14-13(8-12(16)17)6-7-15(10-13)9-11-4-2-1-3-5-11/h1-5H,6-10H2,(H,16,17). The molecule has 3 nitrogen and oxygen atoms in total. The van der Waals surface area contributed by atoms with Gasteiger partial charge in [0.25, 0.3) is 0 Å². The Labute approximate surface area is 99.9 Å². The molecule has 1 fully saturated rings. The fourth-order valence-electron chi connectivity index (χ4n) is 2.31. The van der Waals surface area contributed by atoms with Crippen molar-refractivity contribution in [3.63, 3.8) is 0 Å². The van der Waals surface area contributed by atoms with E-state index in [0.29, 0.717) is 19.5 Å². The minimum Gasteiger partial charge on any atom is -0.481 e.